The zero-order valence-electron chi connectivity index (χ0n) is 12.8. The molecule has 0 aliphatic heterocycles. The minimum absolute atomic E-state index is 0. The molecule has 0 fully saturated rings. The summed E-state index contributed by atoms with van der Waals surface area (Å²) in [5, 5.41) is 0.778. The molecule has 0 N–H and O–H groups in total. The Kier molecular flexibility index (Phi) is 6.25. The van der Waals surface area contributed by atoms with Crippen molar-refractivity contribution in [2.45, 2.75) is 0 Å². The van der Waals surface area contributed by atoms with Crippen LogP contribution < -0.4 is 17.3 Å². The third-order valence-electron chi connectivity index (χ3n) is 3.27. The minimum atomic E-state index is 0. The van der Waals surface area contributed by atoms with Crippen molar-refractivity contribution in [3.63, 3.8) is 0 Å². The van der Waals surface area contributed by atoms with E-state index in [-0.39, 0.29) is 12.4 Å². The van der Waals surface area contributed by atoms with E-state index < -0.39 is 0 Å². The predicted molar refractivity (Wildman–Crippen MR) is 88.9 cm³/mol. The highest BCUT2D eigenvalue weighted by atomic mass is 35.5. The molecule has 0 aromatic heterocycles. The lowest BCUT2D eigenvalue weighted by Gasteiger charge is -2.13. The van der Waals surface area contributed by atoms with Gasteiger partial charge in [0.1, 0.15) is 14.1 Å². The van der Waals surface area contributed by atoms with E-state index in [0.717, 1.165) is 16.2 Å². The number of benzene rings is 1. The third kappa shape index (κ3) is 4.23. The van der Waals surface area contributed by atoms with Crippen molar-refractivity contribution in [3.8, 4) is 0 Å². The molecule has 0 unspecified atom stereocenters. The lowest BCUT2D eigenvalue weighted by atomic mass is 10.0. The standard InChI is InChI=1S/C17H20ClN2.ClH/c1-19(2)15-9-5-13(6-10-15)17(18)14-7-11-16(12-8-14)20(3)4;/h5-12H,1-4H3;1H/q+1;/p-1. The molecule has 0 saturated heterocycles. The van der Waals surface area contributed by atoms with Crippen LogP contribution in [-0.4, -0.2) is 38.5 Å². The van der Waals surface area contributed by atoms with Crippen molar-refractivity contribution in [1.82, 2.24) is 0 Å². The van der Waals surface area contributed by atoms with Crippen LogP contribution in [0.25, 0.3) is 5.03 Å². The summed E-state index contributed by atoms with van der Waals surface area (Å²) < 4.78 is 2.07. The number of nitrogens with zero attached hydrogens (tertiary/aromatic N) is 2. The molecule has 112 valence electrons. The number of hydrogen-bond acceptors (Lipinski definition) is 1. The molecule has 1 aromatic rings. The molecular weight excluding hydrogens is 303 g/mol. The molecule has 0 amide bonds. The zero-order valence-corrected chi connectivity index (χ0v) is 14.3. The zero-order chi connectivity index (χ0) is 14.7. The maximum Gasteiger partial charge on any atom is 0.199 e. The largest absolute Gasteiger partial charge is 1.00 e. The summed E-state index contributed by atoms with van der Waals surface area (Å²) in [6.07, 6.45) is 8.26. The molecule has 4 heteroatoms. The molecule has 1 aliphatic carbocycles. The number of halogens is 2. The van der Waals surface area contributed by atoms with Gasteiger partial charge >= 0.3 is 0 Å². The van der Waals surface area contributed by atoms with Crippen LogP contribution in [0.1, 0.15) is 5.56 Å². The van der Waals surface area contributed by atoms with Gasteiger partial charge < -0.3 is 17.3 Å². The molecule has 1 aromatic carbocycles. The monoisotopic (exact) mass is 322 g/mol. The first-order valence-corrected chi connectivity index (χ1v) is 6.95. The fraction of sp³-hybridized carbons (Fsp3) is 0.235. The van der Waals surface area contributed by atoms with Crippen LogP contribution in [0.4, 0.5) is 5.69 Å². The number of hydrogen-bond donors (Lipinski definition) is 0. The van der Waals surface area contributed by atoms with E-state index in [1.165, 1.54) is 11.4 Å². The quantitative estimate of drug-likeness (QED) is 0.721. The highest BCUT2D eigenvalue weighted by Gasteiger charge is 2.09. The maximum atomic E-state index is 6.48. The summed E-state index contributed by atoms with van der Waals surface area (Å²) in [4.78, 5) is 2.07. The number of rotatable bonds is 2. The molecule has 2 rings (SSSR count). The lowest BCUT2D eigenvalue weighted by molar-refractivity contribution is -0.462. The first-order chi connectivity index (χ1) is 9.49. The van der Waals surface area contributed by atoms with Crippen LogP contribution in [0.3, 0.4) is 0 Å². The Morgan fingerprint density at radius 1 is 0.952 bits per heavy atom. The number of anilines is 1. The molecular formula is C17H20Cl2N2. The summed E-state index contributed by atoms with van der Waals surface area (Å²) in [5.41, 5.74) is 4.41. The first kappa shape index (κ1) is 17.5. The van der Waals surface area contributed by atoms with Crippen molar-refractivity contribution in [2.24, 2.45) is 0 Å². The molecule has 0 radical (unpaired) electrons. The van der Waals surface area contributed by atoms with Crippen molar-refractivity contribution in [3.05, 3.63) is 59.7 Å². The topological polar surface area (TPSA) is 6.25 Å². The third-order valence-corrected chi connectivity index (χ3v) is 3.71. The molecule has 0 saturated carbocycles. The Balaban J connectivity index is 0.00000220. The van der Waals surface area contributed by atoms with E-state index in [9.17, 15) is 0 Å². The average molecular weight is 323 g/mol. The molecule has 0 heterocycles. The van der Waals surface area contributed by atoms with Crippen LogP contribution in [0.2, 0.25) is 0 Å². The summed E-state index contributed by atoms with van der Waals surface area (Å²) >= 11 is 6.48. The second-order valence-corrected chi connectivity index (χ2v) is 5.57. The molecule has 0 spiro atoms. The normalized spacial score (nSPS) is 13.0. The van der Waals surface area contributed by atoms with Gasteiger partial charge in [0.15, 0.2) is 5.71 Å². The molecule has 0 bridgehead atoms. The average Bonchev–Trinajstić information content (AvgIpc) is 2.46. The second-order valence-electron chi connectivity index (χ2n) is 5.20. The summed E-state index contributed by atoms with van der Waals surface area (Å²) in [5.74, 6) is 0. The van der Waals surface area contributed by atoms with E-state index in [4.69, 9.17) is 11.6 Å². The van der Waals surface area contributed by atoms with Gasteiger partial charge in [0.25, 0.3) is 0 Å². The van der Waals surface area contributed by atoms with Crippen LogP contribution in [0.15, 0.2) is 54.1 Å². The Labute approximate surface area is 138 Å². The van der Waals surface area contributed by atoms with Crippen LogP contribution in [-0.2, 0) is 0 Å². The molecule has 21 heavy (non-hydrogen) atoms. The van der Waals surface area contributed by atoms with Gasteiger partial charge in [-0.2, -0.15) is 0 Å². The van der Waals surface area contributed by atoms with Gasteiger partial charge in [-0.1, -0.05) is 23.7 Å². The molecule has 1 aliphatic rings. The van der Waals surface area contributed by atoms with Gasteiger partial charge in [0.2, 0.25) is 0 Å². The van der Waals surface area contributed by atoms with Crippen LogP contribution in [0.5, 0.6) is 0 Å². The van der Waals surface area contributed by atoms with Gasteiger partial charge in [0, 0.05) is 31.9 Å². The molecule has 2 nitrogen and oxygen atoms in total. The summed E-state index contributed by atoms with van der Waals surface area (Å²) in [6.45, 7) is 0. The summed E-state index contributed by atoms with van der Waals surface area (Å²) in [7, 11) is 8.11. The highest BCUT2D eigenvalue weighted by molar-refractivity contribution is 6.49. The van der Waals surface area contributed by atoms with Gasteiger partial charge in [-0.05, 0) is 35.4 Å². The van der Waals surface area contributed by atoms with E-state index in [1.54, 1.807) is 0 Å². The smallest absolute Gasteiger partial charge is 0.199 e. The SMILES string of the molecule is CN(C)c1ccc(C(Cl)=C2C=CC(=[N+](C)C)C=C2)cc1.[Cl-]. The first-order valence-electron chi connectivity index (χ1n) is 6.57. The van der Waals surface area contributed by atoms with Gasteiger partial charge in [0.05, 0.1) is 5.03 Å². The maximum absolute atomic E-state index is 6.48. The lowest BCUT2D eigenvalue weighted by Crippen LogP contribution is -3.00. The Bertz CT molecular complexity index is 599. The fourth-order valence-corrected chi connectivity index (χ4v) is 2.23. The minimum Gasteiger partial charge on any atom is -1.00 e. The van der Waals surface area contributed by atoms with Crippen molar-refractivity contribution < 1.29 is 17.0 Å². The van der Waals surface area contributed by atoms with Crippen molar-refractivity contribution in [2.75, 3.05) is 33.1 Å². The Hall–Kier alpha value is -1.51. The molecule has 0 atom stereocenters. The highest BCUT2D eigenvalue weighted by Crippen LogP contribution is 2.27. The van der Waals surface area contributed by atoms with Crippen molar-refractivity contribution in [1.29, 1.82) is 0 Å². The van der Waals surface area contributed by atoms with Crippen LogP contribution in [0, 0.1) is 0 Å². The van der Waals surface area contributed by atoms with Crippen LogP contribution >= 0.6 is 11.6 Å². The number of allylic oxidation sites excluding steroid dienone is 5. The fourth-order valence-electron chi connectivity index (χ4n) is 1.98. The summed E-state index contributed by atoms with van der Waals surface area (Å²) in [6, 6.07) is 8.26. The second kappa shape index (κ2) is 7.48. The van der Waals surface area contributed by atoms with E-state index in [1.807, 2.05) is 28.2 Å². The Morgan fingerprint density at radius 3 is 1.90 bits per heavy atom. The van der Waals surface area contributed by atoms with Gasteiger partial charge in [-0.3, -0.25) is 0 Å². The van der Waals surface area contributed by atoms with E-state index in [0.29, 0.717) is 0 Å². The Morgan fingerprint density at radius 2 is 1.48 bits per heavy atom. The van der Waals surface area contributed by atoms with Gasteiger partial charge in [-0.25, -0.2) is 4.58 Å². The van der Waals surface area contributed by atoms with Gasteiger partial charge in [-0.15, -0.1) is 0 Å². The van der Waals surface area contributed by atoms with E-state index >= 15 is 0 Å². The van der Waals surface area contributed by atoms with E-state index in [2.05, 4.69) is 58.0 Å². The van der Waals surface area contributed by atoms with Crippen molar-refractivity contribution >= 4 is 28.0 Å². The predicted octanol–water partition coefficient (Wildman–Crippen LogP) is 0.546.